The first-order valence-electron chi connectivity index (χ1n) is 8.67. The van der Waals surface area contributed by atoms with Crippen molar-refractivity contribution < 1.29 is 19.3 Å². The largest absolute Gasteiger partial charge is 0.562 e. The summed E-state index contributed by atoms with van der Waals surface area (Å²) < 4.78 is 11.5. The van der Waals surface area contributed by atoms with E-state index in [4.69, 9.17) is 15.1 Å². The summed E-state index contributed by atoms with van der Waals surface area (Å²) >= 11 is 0. The molecule has 3 aliphatic rings. The number of aromatic carboxylic acids is 1. The van der Waals surface area contributed by atoms with Crippen LogP contribution in [0.5, 0.6) is 11.5 Å². The van der Waals surface area contributed by atoms with Crippen LogP contribution >= 0.6 is 0 Å². The minimum atomic E-state index is -1.01. The van der Waals surface area contributed by atoms with Crippen LogP contribution in [-0.4, -0.2) is 54.7 Å². The predicted octanol–water partition coefficient (Wildman–Crippen LogP) is 1.30. The quantitative estimate of drug-likeness (QED) is 0.810. The average Bonchev–Trinajstić information content (AvgIpc) is 2.95. The summed E-state index contributed by atoms with van der Waals surface area (Å²) in [6, 6.07) is 4.38. The van der Waals surface area contributed by atoms with Crippen molar-refractivity contribution in [1.29, 1.82) is 0 Å². The summed E-state index contributed by atoms with van der Waals surface area (Å²) in [6.07, 6.45) is 5.04. The van der Waals surface area contributed by atoms with Crippen LogP contribution in [0.25, 0.3) is 0 Å². The van der Waals surface area contributed by atoms with Crippen molar-refractivity contribution in [3.63, 3.8) is 0 Å². The molecule has 0 spiro atoms. The van der Waals surface area contributed by atoms with E-state index in [9.17, 15) is 9.90 Å². The number of likely N-dealkylation sites (tertiary alicyclic amines) is 1. The van der Waals surface area contributed by atoms with Gasteiger partial charge in [-0.3, -0.25) is 4.90 Å². The molecule has 4 rings (SSSR count). The van der Waals surface area contributed by atoms with E-state index >= 15 is 0 Å². The summed E-state index contributed by atoms with van der Waals surface area (Å²) in [7, 11) is 1.66. The lowest BCUT2D eigenvalue weighted by Crippen LogP contribution is -2.60. The standard InChI is InChI=1S/C17H22BN2O4/c19-12-2-1-3-13(12)20-8-11(9-20)23-14-5-4-10-6-7-18-24-16(10)15(14)17(21)22/h4-5,11-13H,1-3,6-9,19H2,(H,21,22)/t12-,13-/m0/s1. The Bertz CT molecular complexity index is 648. The fraction of sp³-hybridized carbons (Fsp3) is 0.588. The van der Waals surface area contributed by atoms with Crippen LogP contribution in [0, 0.1) is 0 Å². The third-order valence-electron chi connectivity index (χ3n) is 5.32. The highest BCUT2D eigenvalue weighted by molar-refractivity contribution is 6.29. The van der Waals surface area contributed by atoms with Gasteiger partial charge in [0.15, 0.2) is 0 Å². The number of hydrogen-bond donors (Lipinski definition) is 2. The second-order valence-corrected chi connectivity index (χ2v) is 6.91. The molecule has 2 aliphatic heterocycles. The van der Waals surface area contributed by atoms with Crippen LogP contribution in [-0.2, 0) is 6.42 Å². The molecule has 0 unspecified atom stereocenters. The van der Waals surface area contributed by atoms with Gasteiger partial charge in [0.05, 0.1) is 0 Å². The summed E-state index contributed by atoms with van der Waals surface area (Å²) in [5.41, 5.74) is 7.21. The van der Waals surface area contributed by atoms with E-state index in [1.165, 1.54) is 6.42 Å². The Morgan fingerprint density at radius 1 is 1.38 bits per heavy atom. The molecule has 0 aromatic heterocycles. The van der Waals surface area contributed by atoms with Crippen molar-refractivity contribution >= 4 is 13.5 Å². The molecule has 24 heavy (non-hydrogen) atoms. The normalized spacial score (nSPS) is 26.9. The fourth-order valence-electron chi connectivity index (χ4n) is 4.01. The van der Waals surface area contributed by atoms with Crippen molar-refractivity contribution in [2.24, 2.45) is 5.73 Å². The first-order valence-corrected chi connectivity index (χ1v) is 8.67. The third-order valence-corrected chi connectivity index (χ3v) is 5.32. The van der Waals surface area contributed by atoms with Gasteiger partial charge in [0.2, 0.25) is 0 Å². The van der Waals surface area contributed by atoms with Crippen LogP contribution in [0.4, 0.5) is 0 Å². The van der Waals surface area contributed by atoms with E-state index in [0.717, 1.165) is 44.2 Å². The lowest BCUT2D eigenvalue weighted by molar-refractivity contribution is -0.0117. The van der Waals surface area contributed by atoms with E-state index in [1.807, 2.05) is 6.07 Å². The molecule has 1 aromatic carbocycles. The van der Waals surface area contributed by atoms with E-state index in [1.54, 1.807) is 13.5 Å². The minimum absolute atomic E-state index is 0.0153. The Labute approximate surface area is 142 Å². The van der Waals surface area contributed by atoms with Gasteiger partial charge in [0.1, 0.15) is 23.2 Å². The van der Waals surface area contributed by atoms with Crippen molar-refractivity contribution in [2.75, 3.05) is 13.1 Å². The fourth-order valence-corrected chi connectivity index (χ4v) is 4.01. The molecule has 1 aromatic rings. The highest BCUT2D eigenvalue weighted by atomic mass is 16.5. The van der Waals surface area contributed by atoms with Crippen molar-refractivity contribution in [1.82, 2.24) is 4.90 Å². The van der Waals surface area contributed by atoms with Gasteiger partial charge in [0.25, 0.3) is 0 Å². The molecule has 1 radical (unpaired) electrons. The minimum Gasteiger partial charge on any atom is -0.562 e. The van der Waals surface area contributed by atoms with Gasteiger partial charge in [-0.25, -0.2) is 4.79 Å². The number of hydrogen-bond acceptors (Lipinski definition) is 5. The van der Waals surface area contributed by atoms with Crippen LogP contribution in [0.15, 0.2) is 12.1 Å². The van der Waals surface area contributed by atoms with Crippen LogP contribution < -0.4 is 15.1 Å². The number of rotatable bonds is 4. The number of benzene rings is 1. The Balaban J connectivity index is 1.47. The maximum absolute atomic E-state index is 11.7. The maximum Gasteiger partial charge on any atom is 0.370 e. The topological polar surface area (TPSA) is 85.0 Å². The van der Waals surface area contributed by atoms with Gasteiger partial charge >= 0.3 is 13.5 Å². The molecular formula is C17H22BN2O4. The number of nitrogens with two attached hydrogens (primary N) is 1. The van der Waals surface area contributed by atoms with E-state index in [-0.39, 0.29) is 17.7 Å². The van der Waals surface area contributed by atoms with Gasteiger partial charge in [-0.05, 0) is 37.2 Å². The van der Waals surface area contributed by atoms with Crippen LogP contribution in [0.2, 0.25) is 6.32 Å². The number of ether oxygens (including phenoxy) is 1. The highest BCUT2D eigenvalue weighted by Gasteiger charge is 2.39. The molecule has 1 saturated carbocycles. The molecule has 127 valence electrons. The van der Waals surface area contributed by atoms with Gasteiger partial charge < -0.3 is 20.2 Å². The van der Waals surface area contributed by atoms with Crippen molar-refractivity contribution in [3.8, 4) is 11.5 Å². The third kappa shape index (κ3) is 2.76. The molecule has 0 amide bonds. The second-order valence-electron chi connectivity index (χ2n) is 6.91. The SMILES string of the molecule is N[C@H]1CCC[C@@H]1N1CC(Oc2ccc3c(c2C(=O)O)O[B]CC3)C1. The first kappa shape index (κ1) is 15.8. The zero-order chi connectivity index (χ0) is 16.7. The average molecular weight is 329 g/mol. The summed E-state index contributed by atoms with van der Waals surface area (Å²) in [4.78, 5) is 14.0. The number of fused-ring (bicyclic) bond motifs is 1. The predicted molar refractivity (Wildman–Crippen MR) is 89.9 cm³/mol. The molecule has 2 heterocycles. The van der Waals surface area contributed by atoms with Crippen molar-refractivity contribution in [3.05, 3.63) is 23.3 Å². The first-order chi connectivity index (χ1) is 11.6. The molecule has 7 heteroatoms. The van der Waals surface area contributed by atoms with Gasteiger partial charge in [-0.15, -0.1) is 0 Å². The smallest absolute Gasteiger partial charge is 0.370 e. The number of carboxylic acids is 1. The van der Waals surface area contributed by atoms with Gasteiger partial charge in [-0.2, -0.15) is 0 Å². The molecular weight excluding hydrogens is 307 g/mol. The van der Waals surface area contributed by atoms with E-state index in [2.05, 4.69) is 4.90 Å². The molecule has 0 bridgehead atoms. The molecule has 3 N–H and O–H groups in total. The maximum atomic E-state index is 11.7. The summed E-state index contributed by atoms with van der Waals surface area (Å²) in [6.45, 7) is 1.61. The monoisotopic (exact) mass is 329 g/mol. The van der Waals surface area contributed by atoms with E-state index in [0.29, 0.717) is 17.5 Å². The zero-order valence-electron chi connectivity index (χ0n) is 13.6. The molecule has 1 saturated heterocycles. The zero-order valence-corrected chi connectivity index (χ0v) is 13.6. The summed E-state index contributed by atoms with van der Waals surface area (Å²) in [5.74, 6) is -0.177. The Kier molecular flexibility index (Phi) is 4.14. The molecule has 2 fully saturated rings. The lowest BCUT2D eigenvalue weighted by atomic mass is 9.85. The Hall–Kier alpha value is -1.73. The molecule has 2 atom stereocenters. The number of carbonyl (C=O) groups is 1. The number of nitrogens with zero attached hydrogens (tertiary/aromatic N) is 1. The Morgan fingerprint density at radius 3 is 2.92 bits per heavy atom. The molecule has 1 aliphatic carbocycles. The lowest BCUT2D eigenvalue weighted by Gasteiger charge is -2.44. The van der Waals surface area contributed by atoms with Gasteiger partial charge in [0, 0.05) is 25.2 Å². The van der Waals surface area contributed by atoms with Crippen LogP contribution in [0.1, 0.15) is 35.2 Å². The number of carboxylic acid groups (broad SMARTS) is 1. The summed E-state index contributed by atoms with van der Waals surface area (Å²) in [5, 5.41) is 9.58. The Morgan fingerprint density at radius 2 is 2.21 bits per heavy atom. The number of aryl methyl sites for hydroxylation is 1. The second kappa shape index (κ2) is 6.29. The van der Waals surface area contributed by atoms with Crippen molar-refractivity contribution in [2.45, 2.75) is 50.2 Å². The van der Waals surface area contributed by atoms with Crippen LogP contribution in [0.3, 0.4) is 0 Å². The van der Waals surface area contributed by atoms with E-state index < -0.39 is 5.97 Å². The highest BCUT2D eigenvalue weighted by Crippen LogP contribution is 2.37. The molecule has 6 nitrogen and oxygen atoms in total. The van der Waals surface area contributed by atoms with Gasteiger partial charge in [-0.1, -0.05) is 12.5 Å².